The summed E-state index contributed by atoms with van der Waals surface area (Å²) in [5, 5.41) is 17.4. The SMILES string of the molecule is NS(=O)(=O)Nc1cccc(NCc2cccc(O)c2)c1. The molecule has 20 heavy (non-hydrogen) atoms. The fourth-order valence-electron chi connectivity index (χ4n) is 1.73. The fraction of sp³-hybridized carbons (Fsp3) is 0.0769. The molecule has 0 fully saturated rings. The lowest BCUT2D eigenvalue weighted by Crippen LogP contribution is -2.21. The molecule has 0 amide bonds. The van der Waals surface area contributed by atoms with Gasteiger partial charge < -0.3 is 10.4 Å². The van der Waals surface area contributed by atoms with E-state index < -0.39 is 10.2 Å². The van der Waals surface area contributed by atoms with Crippen molar-refractivity contribution >= 4 is 21.6 Å². The van der Waals surface area contributed by atoms with Gasteiger partial charge in [0.2, 0.25) is 0 Å². The molecular formula is C13H15N3O3S. The number of nitrogens with two attached hydrogens (primary N) is 1. The Hall–Kier alpha value is -2.25. The van der Waals surface area contributed by atoms with Crippen LogP contribution in [0.3, 0.4) is 0 Å². The lowest BCUT2D eigenvalue weighted by Gasteiger charge is -2.09. The predicted octanol–water partition coefficient (Wildman–Crippen LogP) is 1.62. The van der Waals surface area contributed by atoms with Crippen molar-refractivity contribution in [3.8, 4) is 5.75 Å². The molecule has 2 aromatic rings. The lowest BCUT2D eigenvalue weighted by molar-refractivity contribution is 0.474. The Morgan fingerprint density at radius 2 is 1.75 bits per heavy atom. The van der Waals surface area contributed by atoms with Crippen LogP contribution < -0.4 is 15.2 Å². The maximum Gasteiger partial charge on any atom is 0.296 e. The molecule has 106 valence electrons. The normalized spacial score (nSPS) is 11.1. The molecule has 6 nitrogen and oxygen atoms in total. The van der Waals surface area contributed by atoms with Crippen LogP contribution in [0.2, 0.25) is 0 Å². The standard InChI is InChI=1S/C13H15N3O3S/c14-20(18,19)16-12-5-2-4-11(8-12)15-9-10-3-1-6-13(17)7-10/h1-8,15-17H,9H2,(H2,14,18,19). The third-order valence-corrected chi connectivity index (χ3v) is 3.05. The number of aromatic hydroxyl groups is 1. The van der Waals surface area contributed by atoms with Crippen molar-refractivity contribution in [2.24, 2.45) is 5.14 Å². The molecule has 0 aliphatic rings. The Bertz CT molecular complexity index is 702. The highest BCUT2D eigenvalue weighted by molar-refractivity contribution is 7.90. The summed E-state index contributed by atoms with van der Waals surface area (Å²) in [5.74, 6) is 0.203. The highest BCUT2D eigenvalue weighted by Crippen LogP contribution is 2.17. The minimum absolute atomic E-state index is 0.203. The molecular weight excluding hydrogens is 278 g/mol. The van der Waals surface area contributed by atoms with E-state index in [0.717, 1.165) is 11.3 Å². The van der Waals surface area contributed by atoms with Gasteiger partial charge in [-0.3, -0.25) is 4.72 Å². The van der Waals surface area contributed by atoms with Gasteiger partial charge in [0.25, 0.3) is 10.2 Å². The first kappa shape index (κ1) is 14.2. The molecule has 0 aliphatic carbocycles. The Kier molecular flexibility index (Phi) is 4.11. The molecule has 0 unspecified atom stereocenters. The lowest BCUT2D eigenvalue weighted by atomic mass is 10.2. The van der Waals surface area contributed by atoms with E-state index in [1.807, 2.05) is 6.07 Å². The molecule has 0 saturated carbocycles. The number of phenolic OH excluding ortho intramolecular Hbond substituents is 1. The van der Waals surface area contributed by atoms with Gasteiger partial charge in [-0.2, -0.15) is 8.42 Å². The van der Waals surface area contributed by atoms with E-state index in [0.29, 0.717) is 12.2 Å². The van der Waals surface area contributed by atoms with E-state index in [9.17, 15) is 13.5 Å². The van der Waals surface area contributed by atoms with Crippen LogP contribution in [0.15, 0.2) is 48.5 Å². The van der Waals surface area contributed by atoms with Crippen LogP contribution in [-0.4, -0.2) is 13.5 Å². The quantitative estimate of drug-likeness (QED) is 0.672. The average molecular weight is 293 g/mol. The third-order valence-electron chi connectivity index (χ3n) is 2.53. The van der Waals surface area contributed by atoms with Gasteiger partial charge in [0.05, 0.1) is 5.69 Å². The van der Waals surface area contributed by atoms with Gasteiger partial charge in [-0.1, -0.05) is 18.2 Å². The van der Waals surface area contributed by atoms with Gasteiger partial charge in [-0.25, -0.2) is 5.14 Å². The third kappa shape index (κ3) is 4.45. The minimum Gasteiger partial charge on any atom is -0.508 e. The van der Waals surface area contributed by atoms with Crippen LogP contribution in [0.1, 0.15) is 5.56 Å². The van der Waals surface area contributed by atoms with Gasteiger partial charge in [0.15, 0.2) is 0 Å². The largest absolute Gasteiger partial charge is 0.508 e. The second-order valence-electron chi connectivity index (χ2n) is 4.25. The van der Waals surface area contributed by atoms with E-state index in [2.05, 4.69) is 10.0 Å². The van der Waals surface area contributed by atoms with Crippen molar-refractivity contribution in [2.45, 2.75) is 6.54 Å². The number of hydrogen-bond acceptors (Lipinski definition) is 4. The Morgan fingerprint density at radius 3 is 2.45 bits per heavy atom. The van der Waals surface area contributed by atoms with Gasteiger partial charge in [-0.15, -0.1) is 0 Å². The second-order valence-corrected chi connectivity index (χ2v) is 5.55. The maximum absolute atomic E-state index is 10.9. The van der Waals surface area contributed by atoms with Gasteiger partial charge in [0, 0.05) is 12.2 Å². The second kappa shape index (κ2) is 5.81. The van der Waals surface area contributed by atoms with Crippen molar-refractivity contribution < 1.29 is 13.5 Å². The van der Waals surface area contributed by atoms with E-state index in [-0.39, 0.29) is 5.75 Å². The predicted molar refractivity (Wildman–Crippen MR) is 78.6 cm³/mol. The van der Waals surface area contributed by atoms with E-state index in [4.69, 9.17) is 5.14 Å². The topological polar surface area (TPSA) is 104 Å². The zero-order valence-electron chi connectivity index (χ0n) is 10.6. The van der Waals surface area contributed by atoms with Crippen LogP contribution in [0.25, 0.3) is 0 Å². The highest BCUT2D eigenvalue weighted by Gasteiger charge is 2.03. The molecule has 0 aliphatic heterocycles. The van der Waals surface area contributed by atoms with Gasteiger partial charge >= 0.3 is 0 Å². The first-order valence-electron chi connectivity index (χ1n) is 5.85. The first-order valence-corrected chi connectivity index (χ1v) is 7.39. The maximum atomic E-state index is 10.9. The summed E-state index contributed by atoms with van der Waals surface area (Å²) in [6, 6.07) is 13.6. The summed E-state index contributed by atoms with van der Waals surface area (Å²) >= 11 is 0. The Labute approximate surface area is 117 Å². The van der Waals surface area contributed by atoms with E-state index >= 15 is 0 Å². The summed E-state index contributed by atoms with van der Waals surface area (Å²) in [7, 11) is -3.78. The summed E-state index contributed by atoms with van der Waals surface area (Å²) in [4.78, 5) is 0. The molecule has 0 saturated heterocycles. The van der Waals surface area contributed by atoms with Crippen LogP contribution in [-0.2, 0) is 16.8 Å². The van der Waals surface area contributed by atoms with Gasteiger partial charge in [-0.05, 0) is 35.9 Å². The number of hydrogen-bond donors (Lipinski definition) is 4. The molecule has 0 heterocycles. The Morgan fingerprint density at radius 1 is 1.05 bits per heavy atom. The fourth-order valence-corrected chi connectivity index (χ4v) is 2.18. The molecule has 2 rings (SSSR count). The molecule has 2 aromatic carbocycles. The van der Waals surface area contributed by atoms with Crippen LogP contribution in [0, 0.1) is 0 Å². The molecule has 5 N–H and O–H groups in total. The van der Waals surface area contributed by atoms with Crippen molar-refractivity contribution in [1.29, 1.82) is 0 Å². The molecule has 0 radical (unpaired) electrons. The van der Waals surface area contributed by atoms with E-state index in [1.54, 1.807) is 42.5 Å². The minimum atomic E-state index is -3.78. The average Bonchev–Trinajstić information content (AvgIpc) is 2.35. The monoisotopic (exact) mass is 293 g/mol. The van der Waals surface area contributed by atoms with Crippen LogP contribution in [0.5, 0.6) is 5.75 Å². The summed E-state index contributed by atoms with van der Waals surface area (Å²) < 4.78 is 24.1. The first-order chi connectivity index (χ1) is 9.42. The smallest absolute Gasteiger partial charge is 0.296 e. The van der Waals surface area contributed by atoms with Crippen molar-refractivity contribution in [3.05, 3.63) is 54.1 Å². The number of rotatable bonds is 5. The molecule has 0 atom stereocenters. The number of anilines is 2. The number of benzene rings is 2. The number of nitrogens with one attached hydrogen (secondary N) is 2. The summed E-state index contributed by atoms with van der Waals surface area (Å²) in [6.45, 7) is 0.507. The Balaban J connectivity index is 2.05. The molecule has 0 spiro atoms. The molecule has 0 aromatic heterocycles. The van der Waals surface area contributed by atoms with Crippen molar-refractivity contribution in [1.82, 2.24) is 0 Å². The van der Waals surface area contributed by atoms with Gasteiger partial charge in [0.1, 0.15) is 5.75 Å². The summed E-state index contributed by atoms with van der Waals surface area (Å²) in [5.41, 5.74) is 2.03. The molecule has 0 bridgehead atoms. The van der Waals surface area contributed by atoms with Crippen molar-refractivity contribution in [2.75, 3.05) is 10.0 Å². The summed E-state index contributed by atoms with van der Waals surface area (Å²) in [6.07, 6.45) is 0. The zero-order valence-corrected chi connectivity index (χ0v) is 11.4. The van der Waals surface area contributed by atoms with Crippen molar-refractivity contribution in [3.63, 3.8) is 0 Å². The molecule has 7 heteroatoms. The van der Waals surface area contributed by atoms with Crippen LogP contribution in [0.4, 0.5) is 11.4 Å². The number of phenols is 1. The highest BCUT2D eigenvalue weighted by atomic mass is 32.2. The van der Waals surface area contributed by atoms with E-state index in [1.165, 1.54) is 0 Å². The van der Waals surface area contributed by atoms with Crippen LogP contribution >= 0.6 is 0 Å². The zero-order chi connectivity index (χ0) is 14.6.